The molecule has 0 saturated heterocycles. The van der Waals surface area contributed by atoms with Crippen molar-refractivity contribution in [1.82, 2.24) is 4.90 Å². The molecule has 0 bridgehead atoms. The summed E-state index contributed by atoms with van der Waals surface area (Å²) in [6.07, 6.45) is 3.62. The van der Waals surface area contributed by atoms with Crippen LogP contribution in [0.1, 0.15) is 39.0 Å². The largest absolute Gasteiger partial charge is 0.466 e. The van der Waals surface area contributed by atoms with Crippen LogP contribution in [0.2, 0.25) is 0 Å². The van der Waals surface area contributed by atoms with Gasteiger partial charge in [-0.15, -0.1) is 0 Å². The topological polar surface area (TPSA) is 70.0 Å². The molecule has 1 atom stereocenters. The van der Waals surface area contributed by atoms with Crippen molar-refractivity contribution in [2.24, 2.45) is 0 Å². The predicted molar refractivity (Wildman–Crippen MR) is 68.2 cm³/mol. The highest BCUT2D eigenvalue weighted by Crippen LogP contribution is 2.25. The molecular weight excluding hydrogens is 234 g/mol. The second-order valence-electron chi connectivity index (χ2n) is 4.82. The van der Waals surface area contributed by atoms with Crippen molar-refractivity contribution in [3.05, 3.63) is 0 Å². The zero-order valence-corrected chi connectivity index (χ0v) is 11.2. The summed E-state index contributed by atoms with van der Waals surface area (Å²) in [6, 6.07) is 0.508. The third-order valence-corrected chi connectivity index (χ3v) is 3.35. The minimum atomic E-state index is -0.677. The van der Waals surface area contributed by atoms with E-state index in [0.29, 0.717) is 25.6 Å². The molecule has 0 aromatic heterocycles. The van der Waals surface area contributed by atoms with Crippen LogP contribution in [-0.2, 0) is 9.53 Å². The van der Waals surface area contributed by atoms with Crippen molar-refractivity contribution < 1.29 is 19.7 Å². The number of hydrogen-bond donors (Lipinski definition) is 2. The van der Waals surface area contributed by atoms with Crippen molar-refractivity contribution in [3.63, 3.8) is 0 Å². The number of aliphatic hydroxyl groups is 2. The molecule has 0 aromatic rings. The zero-order valence-electron chi connectivity index (χ0n) is 11.2. The molecule has 5 nitrogen and oxygen atoms in total. The molecule has 0 amide bonds. The lowest BCUT2D eigenvalue weighted by molar-refractivity contribution is -0.145. The van der Waals surface area contributed by atoms with Crippen molar-refractivity contribution in [1.29, 1.82) is 0 Å². The number of nitrogens with zero attached hydrogens (tertiary/aromatic N) is 1. The molecule has 0 heterocycles. The predicted octanol–water partition coefficient (Wildman–Crippen LogP) is 0.537. The van der Waals surface area contributed by atoms with Crippen LogP contribution in [-0.4, -0.2) is 59.5 Å². The summed E-state index contributed by atoms with van der Waals surface area (Å²) in [5, 5.41) is 18.8. The van der Waals surface area contributed by atoms with Crippen LogP contribution in [0.15, 0.2) is 0 Å². The molecule has 0 aliphatic heterocycles. The third kappa shape index (κ3) is 5.33. The molecule has 1 fully saturated rings. The number of esters is 1. The molecule has 1 aliphatic rings. The minimum absolute atomic E-state index is 0.0518. The summed E-state index contributed by atoms with van der Waals surface area (Å²) in [5.41, 5.74) is 0. The first-order chi connectivity index (χ1) is 8.67. The van der Waals surface area contributed by atoms with E-state index in [4.69, 9.17) is 9.84 Å². The highest BCUT2D eigenvalue weighted by Gasteiger charge is 2.26. The lowest BCUT2D eigenvalue weighted by Gasteiger charge is -2.38. The molecule has 0 spiro atoms. The summed E-state index contributed by atoms with van der Waals surface area (Å²) < 4.78 is 4.82. The Bertz CT molecular complexity index is 243. The van der Waals surface area contributed by atoms with Gasteiger partial charge in [0, 0.05) is 25.7 Å². The Balaban J connectivity index is 2.31. The van der Waals surface area contributed by atoms with E-state index in [9.17, 15) is 9.90 Å². The Hall–Kier alpha value is -0.650. The molecule has 1 aliphatic carbocycles. The number of aliphatic hydroxyl groups excluding tert-OH is 2. The van der Waals surface area contributed by atoms with Crippen molar-refractivity contribution >= 4 is 5.97 Å². The maximum Gasteiger partial charge on any atom is 0.308 e. The van der Waals surface area contributed by atoms with Crippen molar-refractivity contribution in [3.8, 4) is 0 Å². The number of carbonyl (C=O) groups is 1. The van der Waals surface area contributed by atoms with Gasteiger partial charge >= 0.3 is 5.97 Å². The Morgan fingerprint density at radius 3 is 2.72 bits per heavy atom. The first-order valence-electron chi connectivity index (χ1n) is 6.86. The van der Waals surface area contributed by atoms with Crippen LogP contribution in [0.3, 0.4) is 0 Å². The number of ether oxygens (including phenoxy) is 1. The summed E-state index contributed by atoms with van der Waals surface area (Å²) in [4.78, 5) is 13.4. The van der Waals surface area contributed by atoms with Crippen LogP contribution in [0, 0.1) is 0 Å². The molecule has 2 N–H and O–H groups in total. The maximum atomic E-state index is 11.3. The molecular formula is C13H25NO4. The fourth-order valence-corrected chi connectivity index (χ4v) is 2.20. The summed E-state index contributed by atoms with van der Waals surface area (Å²) in [5.74, 6) is -0.347. The van der Waals surface area contributed by atoms with Crippen LogP contribution in [0.25, 0.3) is 0 Å². The van der Waals surface area contributed by atoms with E-state index in [2.05, 4.69) is 4.90 Å². The highest BCUT2D eigenvalue weighted by molar-refractivity contribution is 5.69. The Labute approximate surface area is 109 Å². The van der Waals surface area contributed by atoms with E-state index in [1.165, 1.54) is 6.42 Å². The SMILES string of the molecule is CCOC(=O)CC(O)CN(CCCO)C1CCC1. The second kappa shape index (κ2) is 8.45. The fraction of sp³-hybridized carbons (Fsp3) is 0.923. The van der Waals surface area contributed by atoms with Crippen LogP contribution in [0.5, 0.6) is 0 Å². The average Bonchev–Trinajstić information content (AvgIpc) is 2.23. The minimum Gasteiger partial charge on any atom is -0.466 e. The monoisotopic (exact) mass is 259 g/mol. The molecule has 0 radical (unpaired) electrons. The van der Waals surface area contributed by atoms with E-state index in [1.807, 2.05) is 0 Å². The molecule has 1 saturated carbocycles. The van der Waals surface area contributed by atoms with E-state index >= 15 is 0 Å². The standard InChI is InChI=1S/C13H25NO4/c1-2-18-13(17)9-12(16)10-14(7-4-8-15)11-5-3-6-11/h11-12,15-16H,2-10H2,1H3. The van der Waals surface area contributed by atoms with Gasteiger partial charge in [0.2, 0.25) is 0 Å². The summed E-state index contributed by atoms with van der Waals surface area (Å²) in [7, 11) is 0. The first kappa shape index (κ1) is 15.4. The summed E-state index contributed by atoms with van der Waals surface area (Å²) >= 11 is 0. The fourth-order valence-electron chi connectivity index (χ4n) is 2.20. The average molecular weight is 259 g/mol. The van der Waals surface area contributed by atoms with Gasteiger partial charge in [-0.1, -0.05) is 6.42 Å². The third-order valence-electron chi connectivity index (χ3n) is 3.35. The van der Waals surface area contributed by atoms with Crippen LogP contribution < -0.4 is 0 Å². The number of rotatable bonds is 9. The lowest BCUT2D eigenvalue weighted by Crippen LogP contribution is -2.45. The Morgan fingerprint density at radius 1 is 1.50 bits per heavy atom. The van der Waals surface area contributed by atoms with E-state index in [1.54, 1.807) is 6.92 Å². The van der Waals surface area contributed by atoms with Gasteiger partial charge in [-0.3, -0.25) is 9.69 Å². The van der Waals surface area contributed by atoms with Gasteiger partial charge in [0.25, 0.3) is 0 Å². The first-order valence-corrected chi connectivity index (χ1v) is 6.86. The quantitative estimate of drug-likeness (QED) is 0.591. The Morgan fingerprint density at radius 2 is 2.22 bits per heavy atom. The van der Waals surface area contributed by atoms with Crippen molar-refractivity contribution in [2.75, 3.05) is 26.3 Å². The zero-order chi connectivity index (χ0) is 13.4. The smallest absolute Gasteiger partial charge is 0.308 e. The lowest BCUT2D eigenvalue weighted by atomic mass is 9.91. The Kier molecular flexibility index (Phi) is 7.23. The highest BCUT2D eigenvalue weighted by atomic mass is 16.5. The van der Waals surface area contributed by atoms with Crippen LogP contribution in [0.4, 0.5) is 0 Å². The van der Waals surface area contributed by atoms with E-state index < -0.39 is 6.10 Å². The number of carbonyl (C=O) groups excluding carboxylic acids is 1. The van der Waals surface area contributed by atoms with Gasteiger partial charge < -0.3 is 14.9 Å². The number of hydrogen-bond acceptors (Lipinski definition) is 5. The second-order valence-corrected chi connectivity index (χ2v) is 4.82. The van der Waals surface area contributed by atoms with E-state index in [-0.39, 0.29) is 19.0 Å². The normalized spacial score (nSPS) is 17.6. The van der Waals surface area contributed by atoms with Crippen LogP contribution >= 0.6 is 0 Å². The van der Waals surface area contributed by atoms with Crippen molar-refractivity contribution in [2.45, 2.75) is 51.2 Å². The summed E-state index contributed by atoms with van der Waals surface area (Å²) in [6.45, 7) is 3.54. The molecule has 1 rings (SSSR count). The van der Waals surface area contributed by atoms with Gasteiger partial charge in [0.1, 0.15) is 0 Å². The molecule has 1 unspecified atom stereocenters. The molecule has 5 heteroatoms. The van der Waals surface area contributed by atoms with Gasteiger partial charge in [-0.2, -0.15) is 0 Å². The van der Waals surface area contributed by atoms with E-state index in [0.717, 1.165) is 19.4 Å². The van der Waals surface area contributed by atoms with Gasteiger partial charge in [0.15, 0.2) is 0 Å². The molecule has 0 aromatic carbocycles. The van der Waals surface area contributed by atoms with Gasteiger partial charge in [0.05, 0.1) is 19.1 Å². The maximum absolute atomic E-state index is 11.3. The molecule has 18 heavy (non-hydrogen) atoms. The van der Waals surface area contributed by atoms with Gasteiger partial charge in [-0.25, -0.2) is 0 Å². The molecule has 106 valence electrons. The van der Waals surface area contributed by atoms with Gasteiger partial charge in [-0.05, 0) is 26.2 Å².